The minimum absolute atomic E-state index is 0.0103. The van der Waals surface area contributed by atoms with Crippen molar-refractivity contribution in [3.05, 3.63) is 52.8 Å². The molecule has 0 unspecified atom stereocenters. The highest BCUT2D eigenvalue weighted by Crippen LogP contribution is 2.46. The minimum Gasteiger partial charge on any atom is -0.354 e. The Balaban J connectivity index is 1.33. The summed E-state index contributed by atoms with van der Waals surface area (Å²) in [5, 5.41) is 1.28. The van der Waals surface area contributed by atoms with Crippen molar-refractivity contribution in [3.63, 3.8) is 0 Å². The van der Waals surface area contributed by atoms with Gasteiger partial charge in [-0.05, 0) is 86.8 Å². The van der Waals surface area contributed by atoms with Crippen molar-refractivity contribution < 1.29 is 13.9 Å². The number of amides is 1. The van der Waals surface area contributed by atoms with E-state index in [-0.39, 0.29) is 12.5 Å². The van der Waals surface area contributed by atoms with Crippen LogP contribution in [0.3, 0.4) is 0 Å². The van der Waals surface area contributed by atoms with E-state index in [0.717, 1.165) is 42.6 Å². The van der Waals surface area contributed by atoms with Gasteiger partial charge in [0.1, 0.15) is 0 Å². The van der Waals surface area contributed by atoms with E-state index in [1.807, 2.05) is 18.7 Å². The van der Waals surface area contributed by atoms with E-state index in [4.69, 9.17) is 0 Å². The first-order chi connectivity index (χ1) is 17.6. The molecule has 1 aromatic carbocycles. The molecule has 200 valence electrons. The number of aromatic nitrogens is 2. The Morgan fingerprint density at radius 3 is 2.43 bits per heavy atom. The Kier molecular flexibility index (Phi) is 7.38. The van der Waals surface area contributed by atoms with Gasteiger partial charge in [-0.1, -0.05) is 19.9 Å². The number of rotatable bonds is 5. The molecule has 0 radical (unpaired) electrons. The second-order valence-electron chi connectivity index (χ2n) is 11.1. The molecule has 3 aromatic rings. The zero-order valence-corrected chi connectivity index (χ0v) is 23.3. The van der Waals surface area contributed by atoms with Gasteiger partial charge in [0, 0.05) is 47.5 Å². The number of likely N-dealkylation sites (tertiary alicyclic amines) is 1. The van der Waals surface area contributed by atoms with Crippen molar-refractivity contribution in [3.8, 4) is 11.3 Å². The van der Waals surface area contributed by atoms with Gasteiger partial charge in [0.15, 0.2) is 0 Å². The van der Waals surface area contributed by atoms with Crippen LogP contribution in [-0.4, -0.2) is 66.1 Å². The molecule has 4 heterocycles. The first kappa shape index (κ1) is 26.2. The maximum atomic E-state index is 12.9. The van der Waals surface area contributed by atoms with E-state index in [0.29, 0.717) is 37.2 Å². The van der Waals surface area contributed by atoms with Gasteiger partial charge in [-0.2, -0.15) is 4.31 Å². The Hall–Kier alpha value is -2.39. The maximum absolute atomic E-state index is 12.9. The van der Waals surface area contributed by atoms with Crippen molar-refractivity contribution in [1.29, 1.82) is 0 Å². The fourth-order valence-corrected chi connectivity index (χ4v) is 7.63. The molecule has 3 N–H and O–H groups in total. The number of carbonyl (C=O) groups excluding carboxylic acids is 1. The van der Waals surface area contributed by atoms with E-state index < -0.39 is 10.8 Å². The van der Waals surface area contributed by atoms with Crippen LogP contribution < -0.4 is 0 Å². The number of hydrogen-bond acceptors (Lipinski definition) is 5. The molecule has 8 heteroatoms. The summed E-state index contributed by atoms with van der Waals surface area (Å²) < 4.78 is 22.2. The van der Waals surface area contributed by atoms with Crippen LogP contribution in [0.15, 0.2) is 30.3 Å². The Bertz CT molecular complexity index is 1270. The number of hydrogen-bond donors (Lipinski definition) is 3. The summed E-state index contributed by atoms with van der Waals surface area (Å²) in [6.45, 7) is 10.7. The number of carbonyl (C=O) groups is 1. The third-order valence-corrected chi connectivity index (χ3v) is 9.91. The fourth-order valence-electron chi connectivity index (χ4n) is 6.05. The molecule has 1 amide bonds. The van der Waals surface area contributed by atoms with Crippen molar-refractivity contribution in [2.24, 2.45) is 0 Å². The van der Waals surface area contributed by atoms with Crippen molar-refractivity contribution in [2.45, 2.75) is 65.2 Å². The lowest BCUT2D eigenvalue weighted by atomic mass is 9.87. The number of piperidine rings is 1. The van der Waals surface area contributed by atoms with E-state index in [2.05, 4.69) is 54.1 Å². The summed E-state index contributed by atoms with van der Waals surface area (Å²) >= 11 is 0. The summed E-state index contributed by atoms with van der Waals surface area (Å²) in [6.07, 6.45) is 3.56. The second kappa shape index (κ2) is 10.4. The topological polar surface area (TPSA) is 92.7 Å². The average Bonchev–Trinajstić information content (AvgIpc) is 3.24. The normalized spacial score (nSPS) is 20.0. The molecule has 2 aromatic heterocycles. The Morgan fingerprint density at radius 1 is 1.08 bits per heavy atom. The monoisotopic (exact) mass is 524 g/mol. The predicted molar refractivity (Wildman–Crippen MR) is 152 cm³/mol. The molecular formula is C29H40N4O3S. The Labute approximate surface area is 221 Å². The van der Waals surface area contributed by atoms with Gasteiger partial charge in [-0.15, -0.1) is 10.8 Å². The van der Waals surface area contributed by atoms with Crippen LogP contribution in [-0.2, 0) is 4.79 Å². The molecule has 2 fully saturated rings. The number of pyridine rings is 1. The lowest BCUT2D eigenvalue weighted by Gasteiger charge is -2.46. The van der Waals surface area contributed by atoms with Gasteiger partial charge in [-0.3, -0.25) is 18.9 Å². The lowest BCUT2D eigenvalue weighted by Crippen LogP contribution is -2.46. The summed E-state index contributed by atoms with van der Waals surface area (Å²) in [4.78, 5) is 23.1. The lowest BCUT2D eigenvalue weighted by molar-refractivity contribution is -0.132. The van der Waals surface area contributed by atoms with Crippen LogP contribution in [0.4, 0.5) is 0 Å². The summed E-state index contributed by atoms with van der Waals surface area (Å²) in [5.41, 5.74) is 8.24. The average molecular weight is 525 g/mol. The zero-order chi connectivity index (χ0) is 26.3. The highest BCUT2D eigenvalue weighted by atomic mass is 32.3. The largest absolute Gasteiger partial charge is 0.354 e. The highest BCUT2D eigenvalue weighted by molar-refractivity contribution is 8.22. The maximum Gasteiger partial charge on any atom is 0.238 e. The molecule has 2 saturated heterocycles. The third kappa shape index (κ3) is 5.43. The SMILES string of the molecule is Cc1cc(-c2[nH]c3ccc(C4CCN(C(=O)CN5CCCCS5(O)O)CC4)cc3c2C(C)C)cc(C)n1. The number of fused-ring (bicyclic) bond motifs is 1. The molecule has 0 spiro atoms. The molecule has 7 nitrogen and oxygen atoms in total. The van der Waals surface area contributed by atoms with Crippen LogP contribution in [0.25, 0.3) is 22.2 Å². The van der Waals surface area contributed by atoms with Gasteiger partial charge < -0.3 is 9.88 Å². The molecule has 2 aliphatic heterocycles. The minimum atomic E-state index is -2.79. The molecule has 0 aliphatic carbocycles. The number of aryl methyl sites for hydroxylation is 2. The van der Waals surface area contributed by atoms with Crippen molar-refractivity contribution in [1.82, 2.24) is 19.2 Å². The standard InChI is InChI=1S/C29H40N4O3S/c1-19(2)28-25-17-23(7-8-26(25)31-29(28)24-15-20(3)30-21(4)16-24)22-9-12-32(13-10-22)27(34)18-33-11-5-6-14-37(33,35)36/h7-8,15-17,19,22,31,35-36H,5-6,9-14,18H2,1-4H3. The van der Waals surface area contributed by atoms with Crippen LogP contribution in [0, 0.1) is 13.8 Å². The van der Waals surface area contributed by atoms with Gasteiger partial charge in [0.05, 0.1) is 18.0 Å². The number of aromatic amines is 1. The van der Waals surface area contributed by atoms with Gasteiger partial charge in [-0.25, -0.2) is 0 Å². The number of benzene rings is 1. The Morgan fingerprint density at radius 2 is 1.78 bits per heavy atom. The van der Waals surface area contributed by atoms with Crippen molar-refractivity contribution in [2.75, 3.05) is 31.9 Å². The first-order valence-corrected chi connectivity index (χ1v) is 15.2. The van der Waals surface area contributed by atoms with Gasteiger partial charge in [0.25, 0.3) is 0 Å². The predicted octanol–water partition coefficient (Wildman–Crippen LogP) is 6.44. The van der Waals surface area contributed by atoms with Crippen LogP contribution in [0.2, 0.25) is 0 Å². The smallest absolute Gasteiger partial charge is 0.238 e. The van der Waals surface area contributed by atoms with E-state index in [9.17, 15) is 13.9 Å². The summed E-state index contributed by atoms with van der Waals surface area (Å²) in [7, 11) is -2.79. The molecule has 0 atom stereocenters. The quantitative estimate of drug-likeness (QED) is 0.357. The summed E-state index contributed by atoms with van der Waals surface area (Å²) in [6, 6.07) is 11.1. The van der Waals surface area contributed by atoms with E-state index in [1.54, 1.807) is 4.31 Å². The van der Waals surface area contributed by atoms with Gasteiger partial charge >= 0.3 is 0 Å². The molecular weight excluding hydrogens is 484 g/mol. The zero-order valence-electron chi connectivity index (χ0n) is 22.5. The van der Waals surface area contributed by atoms with E-state index in [1.165, 1.54) is 27.8 Å². The first-order valence-electron chi connectivity index (χ1n) is 13.5. The molecule has 37 heavy (non-hydrogen) atoms. The van der Waals surface area contributed by atoms with Crippen LogP contribution >= 0.6 is 10.8 Å². The third-order valence-electron chi connectivity index (χ3n) is 7.93. The second-order valence-corrected chi connectivity index (χ2v) is 13.3. The number of nitrogens with zero attached hydrogens (tertiary/aromatic N) is 3. The van der Waals surface area contributed by atoms with E-state index >= 15 is 0 Å². The number of nitrogens with one attached hydrogen (secondary N) is 1. The summed E-state index contributed by atoms with van der Waals surface area (Å²) in [5.74, 6) is 1.17. The molecule has 2 aliphatic rings. The molecule has 0 saturated carbocycles. The fraction of sp³-hybridized carbons (Fsp3) is 0.517. The van der Waals surface area contributed by atoms with Crippen LogP contribution in [0.5, 0.6) is 0 Å². The number of H-pyrrole nitrogens is 1. The molecule has 0 bridgehead atoms. The van der Waals surface area contributed by atoms with Crippen molar-refractivity contribution >= 4 is 27.6 Å². The van der Waals surface area contributed by atoms with Crippen LogP contribution in [0.1, 0.15) is 73.9 Å². The highest BCUT2D eigenvalue weighted by Gasteiger charge is 2.31. The molecule has 5 rings (SSSR count). The van der Waals surface area contributed by atoms with Gasteiger partial charge in [0.2, 0.25) is 5.91 Å².